The van der Waals surface area contributed by atoms with Crippen LogP contribution in [0.3, 0.4) is 0 Å². The van der Waals surface area contributed by atoms with E-state index in [0.717, 1.165) is 22.5 Å². The molecular formula is C23H18Cl2N4O. The number of nitrogens with zero attached hydrogens (tertiary/aromatic N) is 4. The van der Waals surface area contributed by atoms with Gasteiger partial charge in [-0.15, -0.1) is 0 Å². The molecule has 0 bridgehead atoms. The number of carbonyl (C=O) groups is 1. The zero-order chi connectivity index (χ0) is 21.1. The fourth-order valence-electron chi connectivity index (χ4n) is 3.14. The number of aromatic nitrogens is 3. The average Bonchev–Trinajstić information content (AvgIpc) is 3.18. The fourth-order valence-corrected chi connectivity index (χ4v) is 3.38. The van der Waals surface area contributed by atoms with Crippen LogP contribution in [0.1, 0.15) is 15.9 Å². The maximum atomic E-state index is 12.8. The minimum absolute atomic E-state index is 0.145. The molecule has 0 saturated carbocycles. The second-order valence-corrected chi connectivity index (χ2v) is 7.64. The molecule has 0 atom stereocenters. The third-order valence-corrected chi connectivity index (χ3v) is 5.13. The Morgan fingerprint density at radius 1 is 1.00 bits per heavy atom. The van der Waals surface area contributed by atoms with E-state index < -0.39 is 0 Å². The summed E-state index contributed by atoms with van der Waals surface area (Å²) in [5.74, 6) is -0.145. The fraction of sp³-hybridized carbons (Fsp3) is 0.0870. The molecule has 30 heavy (non-hydrogen) atoms. The predicted octanol–water partition coefficient (Wildman–Crippen LogP) is 5.51. The van der Waals surface area contributed by atoms with E-state index in [1.54, 1.807) is 24.1 Å². The minimum Gasteiger partial charge on any atom is -0.337 e. The first-order valence-electron chi connectivity index (χ1n) is 9.28. The molecule has 1 amide bonds. The van der Waals surface area contributed by atoms with Crippen molar-refractivity contribution in [2.75, 3.05) is 7.05 Å². The van der Waals surface area contributed by atoms with Gasteiger partial charge in [0.25, 0.3) is 5.91 Å². The van der Waals surface area contributed by atoms with E-state index in [4.69, 9.17) is 28.3 Å². The minimum atomic E-state index is -0.145. The molecule has 2 heterocycles. The third kappa shape index (κ3) is 4.37. The van der Waals surface area contributed by atoms with Crippen LogP contribution < -0.4 is 0 Å². The van der Waals surface area contributed by atoms with Gasteiger partial charge < -0.3 is 4.90 Å². The van der Waals surface area contributed by atoms with Crippen LogP contribution in [-0.2, 0) is 6.54 Å². The van der Waals surface area contributed by atoms with Gasteiger partial charge in [-0.2, -0.15) is 5.10 Å². The lowest BCUT2D eigenvalue weighted by molar-refractivity contribution is 0.0785. The second kappa shape index (κ2) is 8.69. The van der Waals surface area contributed by atoms with Gasteiger partial charge in [-0.25, -0.2) is 9.67 Å². The molecule has 0 aliphatic rings. The molecule has 0 aliphatic heterocycles. The molecular weight excluding hydrogens is 419 g/mol. The Balaban J connectivity index is 1.68. The molecule has 0 fully saturated rings. The molecule has 0 unspecified atom stereocenters. The molecule has 0 aliphatic carbocycles. The first-order valence-corrected chi connectivity index (χ1v) is 10.0. The van der Waals surface area contributed by atoms with Crippen LogP contribution in [-0.4, -0.2) is 32.6 Å². The van der Waals surface area contributed by atoms with Crippen molar-refractivity contribution in [1.29, 1.82) is 0 Å². The van der Waals surface area contributed by atoms with E-state index in [-0.39, 0.29) is 5.91 Å². The quantitative estimate of drug-likeness (QED) is 0.387. The van der Waals surface area contributed by atoms with E-state index in [0.29, 0.717) is 22.3 Å². The molecule has 4 aromatic rings. The molecule has 0 spiro atoms. The molecule has 0 N–H and O–H groups in total. The molecule has 0 saturated heterocycles. The maximum absolute atomic E-state index is 12.8. The Hall–Kier alpha value is -3.15. The number of hydrogen-bond donors (Lipinski definition) is 0. The molecule has 2 aromatic heterocycles. The van der Waals surface area contributed by atoms with Crippen molar-refractivity contribution < 1.29 is 4.79 Å². The summed E-state index contributed by atoms with van der Waals surface area (Å²) >= 11 is 11.9. The zero-order valence-corrected chi connectivity index (χ0v) is 17.7. The van der Waals surface area contributed by atoms with Crippen LogP contribution >= 0.6 is 23.2 Å². The number of amides is 1. The molecule has 150 valence electrons. The van der Waals surface area contributed by atoms with Crippen molar-refractivity contribution in [1.82, 2.24) is 19.7 Å². The second-order valence-electron chi connectivity index (χ2n) is 6.82. The van der Waals surface area contributed by atoms with Gasteiger partial charge in [0.2, 0.25) is 0 Å². The van der Waals surface area contributed by atoms with Gasteiger partial charge >= 0.3 is 0 Å². The summed E-state index contributed by atoms with van der Waals surface area (Å²) in [5, 5.41) is 5.79. The number of carbonyl (C=O) groups excluding carboxylic acids is 1. The number of para-hydroxylation sites is 1. The highest BCUT2D eigenvalue weighted by Gasteiger charge is 2.18. The standard InChI is InChI=1S/C23H18Cl2N4O/c1-28(23(30)17-9-12-21(25)26-13-17)14-18-15-29(20-5-3-2-4-6-20)27-22(18)16-7-10-19(24)11-8-16/h2-13,15H,14H2,1H3. The predicted molar refractivity (Wildman–Crippen MR) is 119 cm³/mol. The van der Waals surface area contributed by atoms with Gasteiger partial charge in [0.15, 0.2) is 0 Å². The van der Waals surface area contributed by atoms with Crippen LogP contribution in [0.15, 0.2) is 79.1 Å². The largest absolute Gasteiger partial charge is 0.337 e. The zero-order valence-electron chi connectivity index (χ0n) is 16.2. The first kappa shape index (κ1) is 20.1. The van der Waals surface area contributed by atoms with Crippen LogP contribution in [0.2, 0.25) is 10.2 Å². The summed E-state index contributed by atoms with van der Waals surface area (Å²) in [7, 11) is 1.75. The lowest BCUT2D eigenvalue weighted by Gasteiger charge is -2.17. The lowest BCUT2D eigenvalue weighted by Crippen LogP contribution is -2.26. The van der Waals surface area contributed by atoms with Crippen LogP contribution in [0.5, 0.6) is 0 Å². The summed E-state index contributed by atoms with van der Waals surface area (Å²) in [6, 6.07) is 20.6. The van der Waals surface area contributed by atoms with Crippen molar-refractivity contribution in [2.24, 2.45) is 0 Å². The summed E-state index contributed by atoms with van der Waals surface area (Å²) in [6.45, 7) is 0.381. The Morgan fingerprint density at radius 2 is 1.73 bits per heavy atom. The summed E-state index contributed by atoms with van der Waals surface area (Å²) < 4.78 is 1.82. The topological polar surface area (TPSA) is 51.0 Å². The van der Waals surface area contributed by atoms with Crippen molar-refractivity contribution in [3.63, 3.8) is 0 Å². The van der Waals surface area contributed by atoms with E-state index in [9.17, 15) is 4.79 Å². The highest BCUT2D eigenvalue weighted by Crippen LogP contribution is 2.26. The van der Waals surface area contributed by atoms with Crippen LogP contribution in [0.4, 0.5) is 0 Å². The van der Waals surface area contributed by atoms with Gasteiger partial charge in [-0.3, -0.25) is 4.79 Å². The van der Waals surface area contributed by atoms with E-state index in [2.05, 4.69) is 4.98 Å². The molecule has 4 rings (SSSR count). The van der Waals surface area contributed by atoms with Crippen molar-refractivity contribution in [3.05, 3.63) is 100 Å². The number of pyridine rings is 1. The highest BCUT2D eigenvalue weighted by atomic mass is 35.5. The third-order valence-electron chi connectivity index (χ3n) is 4.66. The van der Waals surface area contributed by atoms with Crippen LogP contribution in [0, 0.1) is 0 Å². The number of benzene rings is 2. The average molecular weight is 437 g/mol. The van der Waals surface area contributed by atoms with Crippen molar-refractivity contribution >= 4 is 29.1 Å². The molecule has 0 radical (unpaired) electrons. The highest BCUT2D eigenvalue weighted by molar-refractivity contribution is 6.30. The van der Waals surface area contributed by atoms with Gasteiger partial charge in [-0.05, 0) is 36.4 Å². The molecule has 7 heteroatoms. The summed E-state index contributed by atoms with van der Waals surface area (Å²) in [6.07, 6.45) is 3.43. The van der Waals surface area contributed by atoms with Gasteiger partial charge in [-0.1, -0.05) is 53.5 Å². The number of halogens is 2. The summed E-state index contributed by atoms with van der Waals surface area (Å²) in [5.41, 5.74) is 4.06. The number of rotatable bonds is 5. The first-order chi connectivity index (χ1) is 14.5. The Bertz CT molecular complexity index is 1160. The maximum Gasteiger partial charge on any atom is 0.255 e. The molecule has 2 aromatic carbocycles. The Kier molecular flexibility index (Phi) is 5.84. The van der Waals surface area contributed by atoms with E-state index in [1.807, 2.05) is 65.5 Å². The van der Waals surface area contributed by atoms with Gasteiger partial charge in [0.1, 0.15) is 5.15 Å². The SMILES string of the molecule is CN(Cc1cn(-c2ccccc2)nc1-c1ccc(Cl)cc1)C(=O)c1ccc(Cl)nc1. The number of hydrogen-bond acceptors (Lipinski definition) is 3. The van der Waals surface area contributed by atoms with E-state index in [1.165, 1.54) is 6.20 Å². The normalized spacial score (nSPS) is 10.8. The van der Waals surface area contributed by atoms with Crippen molar-refractivity contribution in [3.8, 4) is 16.9 Å². The monoisotopic (exact) mass is 436 g/mol. The van der Waals surface area contributed by atoms with Crippen LogP contribution in [0.25, 0.3) is 16.9 Å². The van der Waals surface area contributed by atoms with E-state index >= 15 is 0 Å². The lowest BCUT2D eigenvalue weighted by atomic mass is 10.1. The summed E-state index contributed by atoms with van der Waals surface area (Å²) in [4.78, 5) is 18.5. The Labute approximate surface area is 184 Å². The van der Waals surface area contributed by atoms with Gasteiger partial charge in [0, 0.05) is 42.1 Å². The molecule has 5 nitrogen and oxygen atoms in total. The Morgan fingerprint density at radius 3 is 2.40 bits per heavy atom. The smallest absolute Gasteiger partial charge is 0.255 e. The van der Waals surface area contributed by atoms with Crippen molar-refractivity contribution in [2.45, 2.75) is 6.54 Å². The van der Waals surface area contributed by atoms with Gasteiger partial charge in [0.05, 0.1) is 16.9 Å².